The third-order valence-electron chi connectivity index (χ3n) is 3.74. The van der Waals surface area contributed by atoms with Crippen LogP contribution in [0.2, 0.25) is 0 Å². The van der Waals surface area contributed by atoms with E-state index in [1.165, 1.54) is 25.3 Å². The lowest BCUT2D eigenvalue weighted by atomic mass is 10.0. The number of esters is 1. The molecule has 0 aliphatic carbocycles. The maximum absolute atomic E-state index is 12.3. The second-order valence-corrected chi connectivity index (χ2v) is 5.29. The van der Waals surface area contributed by atoms with Gasteiger partial charge in [-0.25, -0.2) is 4.79 Å². The highest BCUT2D eigenvalue weighted by molar-refractivity contribution is 6.02. The Bertz CT molecular complexity index is 813. The number of hydrogen-bond donors (Lipinski definition) is 1. The fourth-order valence-electron chi connectivity index (χ4n) is 2.41. The number of rotatable bonds is 7. The van der Waals surface area contributed by atoms with Crippen LogP contribution in [0.4, 0.5) is 0 Å². The number of carbonyl (C=O) groups excluding carboxylic acids is 3. The number of ether oxygens (including phenoxy) is 2. The number of methoxy groups -OCH3 is 1. The number of hydrogen-bond acceptors (Lipinski definition) is 5. The van der Waals surface area contributed by atoms with Crippen LogP contribution in [-0.4, -0.2) is 31.4 Å². The van der Waals surface area contributed by atoms with Gasteiger partial charge in [-0.05, 0) is 30.2 Å². The molecule has 25 heavy (non-hydrogen) atoms. The van der Waals surface area contributed by atoms with Crippen LogP contribution in [0.1, 0.15) is 43.6 Å². The molecule has 2 aromatic rings. The lowest BCUT2D eigenvalue weighted by Gasteiger charge is -2.10. The highest BCUT2D eigenvalue weighted by atomic mass is 16.5. The van der Waals surface area contributed by atoms with Crippen LogP contribution in [0.3, 0.4) is 0 Å². The van der Waals surface area contributed by atoms with Crippen molar-refractivity contribution in [1.82, 2.24) is 0 Å². The van der Waals surface area contributed by atoms with Crippen molar-refractivity contribution in [2.24, 2.45) is 5.73 Å². The Morgan fingerprint density at radius 3 is 2.40 bits per heavy atom. The van der Waals surface area contributed by atoms with Crippen LogP contribution < -0.4 is 10.5 Å². The highest BCUT2D eigenvalue weighted by Gasteiger charge is 2.18. The Morgan fingerprint density at radius 1 is 1.04 bits per heavy atom. The van der Waals surface area contributed by atoms with Crippen LogP contribution in [-0.2, 0) is 11.2 Å². The van der Waals surface area contributed by atoms with Gasteiger partial charge in [-0.1, -0.05) is 31.2 Å². The van der Waals surface area contributed by atoms with Gasteiger partial charge in [-0.3, -0.25) is 9.59 Å². The van der Waals surface area contributed by atoms with Crippen LogP contribution in [0, 0.1) is 0 Å². The zero-order valence-electron chi connectivity index (χ0n) is 14.1. The molecule has 0 aliphatic rings. The van der Waals surface area contributed by atoms with Crippen molar-refractivity contribution in [2.75, 3.05) is 13.7 Å². The molecule has 0 saturated heterocycles. The predicted molar refractivity (Wildman–Crippen MR) is 91.9 cm³/mol. The van der Waals surface area contributed by atoms with E-state index in [1.54, 1.807) is 12.1 Å². The van der Waals surface area contributed by atoms with Gasteiger partial charge in [0.25, 0.3) is 0 Å². The summed E-state index contributed by atoms with van der Waals surface area (Å²) in [6, 6.07) is 11.3. The minimum absolute atomic E-state index is 0.0374. The van der Waals surface area contributed by atoms with Crippen molar-refractivity contribution in [1.29, 1.82) is 0 Å². The lowest BCUT2D eigenvalue weighted by Crippen LogP contribution is -2.17. The van der Waals surface area contributed by atoms with E-state index in [1.807, 2.05) is 19.1 Å². The number of carbonyl (C=O) groups is 3. The molecule has 0 aromatic heterocycles. The molecule has 0 bridgehead atoms. The first-order valence-corrected chi connectivity index (χ1v) is 7.74. The average Bonchev–Trinajstić information content (AvgIpc) is 2.64. The second kappa shape index (κ2) is 8.10. The quantitative estimate of drug-likeness (QED) is 0.616. The summed E-state index contributed by atoms with van der Waals surface area (Å²) in [7, 11) is 1.39. The maximum atomic E-state index is 12.3. The number of nitrogens with two attached hydrogens (primary N) is 1. The minimum Gasteiger partial charge on any atom is -0.496 e. The second-order valence-electron chi connectivity index (χ2n) is 5.29. The molecule has 0 atom stereocenters. The van der Waals surface area contributed by atoms with Crippen molar-refractivity contribution >= 4 is 17.7 Å². The van der Waals surface area contributed by atoms with Crippen molar-refractivity contribution in [3.05, 3.63) is 64.7 Å². The number of amides is 1. The van der Waals surface area contributed by atoms with Gasteiger partial charge in [0.15, 0.2) is 6.61 Å². The van der Waals surface area contributed by atoms with Gasteiger partial charge in [0.1, 0.15) is 11.3 Å². The summed E-state index contributed by atoms with van der Waals surface area (Å²) in [5.41, 5.74) is 6.81. The van der Waals surface area contributed by atoms with Gasteiger partial charge >= 0.3 is 5.97 Å². The summed E-state index contributed by atoms with van der Waals surface area (Å²) in [6.45, 7) is 1.54. The normalized spacial score (nSPS) is 10.2. The zero-order valence-corrected chi connectivity index (χ0v) is 14.1. The molecule has 0 saturated carbocycles. The van der Waals surface area contributed by atoms with E-state index in [0.29, 0.717) is 12.0 Å². The van der Waals surface area contributed by atoms with Crippen molar-refractivity contribution in [3.63, 3.8) is 0 Å². The molecule has 0 heterocycles. The highest BCUT2D eigenvalue weighted by Crippen LogP contribution is 2.21. The number of benzene rings is 2. The Kier molecular flexibility index (Phi) is 5.89. The largest absolute Gasteiger partial charge is 0.496 e. The number of ketones is 1. The van der Waals surface area contributed by atoms with Crippen LogP contribution in [0.15, 0.2) is 42.5 Å². The molecule has 1 amide bonds. The maximum Gasteiger partial charge on any atom is 0.342 e. The SMILES string of the molecule is CCc1ccccc1C(=O)COC(=O)c1cc(C(N)=O)ccc1OC. The molecule has 0 aliphatic heterocycles. The van der Waals surface area contributed by atoms with E-state index in [-0.39, 0.29) is 22.7 Å². The van der Waals surface area contributed by atoms with E-state index in [0.717, 1.165) is 5.56 Å². The number of aryl methyl sites for hydroxylation is 1. The summed E-state index contributed by atoms with van der Waals surface area (Å²) in [4.78, 5) is 35.9. The molecule has 6 heteroatoms. The standard InChI is InChI=1S/C19H19NO5/c1-3-12-6-4-5-7-14(12)16(21)11-25-19(23)15-10-13(18(20)22)8-9-17(15)24-2/h4-10H,3,11H2,1-2H3,(H2,20,22). The summed E-state index contributed by atoms with van der Waals surface area (Å²) in [5, 5.41) is 0. The minimum atomic E-state index is -0.762. The number of primary amides is 1. The van der Waals surface area contributed by atoms with E-state index < -0.39 is 18.5 Å². The lowest BCUT2D eigenvalue weighted by molar-refractivity contribution is 0.0471. The monoisotopic (exact) mass is 341 g/mol. The van der Waals surface area contributed by atoms with Crippen molar-refractivity contribution in [2.45, 2.75) is 13.3 Å². The molecule has 2 N–H and O–H groups in total. The van der Waals surface area contributed by atoms with Gasteiger partial charge in [-0.2, -0.15) is 0 Å². The summed E-state index contributed by atoms with van der Waals surface area (Å²) in [6.07, 6.45) is 0.699. The molecule has 0 radical (unpaired) electrons. The van der Waals surface area contributed by atoms with E-state index in [2.05, 4.69) is 0 Å². The van der Waals surface area contributed by atoms with Gasteiger partial charge in [0.2, 0.25) is 11.7 Å². The summed E-state index contributed by atoms with van der Waals surface area (Å²) in [5.74, 6) is -1.50. The summed E-state index contributed by atoms with van der Waals surface area (Å²) >= 11 is 0. The molecule has 2 aromatic carbocycles. The van der Waals surface area contributed by atoms with Crippen molar-refractivity contribution in [3.8, 4) is 5.75 Å². The fourth-order valence-corrected chi connectivity index (χ4v) is 2.41. The van der Waals surface area contributed by atoms with E-state index >= 15 is 0 Å². The first kappa shape index (κ1) is 18.2. The smallest absolute Gasteiger partial charge is 0.342 e. The molecule has 130 valence electrons. The van der Waals surface area contributed by atoms with Gasteiger partial charge < -0.3 is 15.2 Å². The predicted octanol–water partition coefficient (Wildman–Crippen LogP) is 2.40. The van der Waals surface area contributed by atoms with Crippen LogP contribution in [0.5, 0.6) is 5.75 Å². The first-order chi connectivity index (χ1) is 12.0. The molecular weight excluding hydrogens is 322 g/mol. The topological polar surface area (TPSA) is 95.7 Å². The van der Waals surface area contributed by atoms with E-state index in [9.17, 15) is 14.4 Å². The molecule has 0 unspecified atom stereocenters. The Morgan fingerprint density at radius 2 is 1.76 bits per heavy atom. The molecule has 0 spiro atoms. The third-order valence-corrected chi connectivity index (χ3v) is 3.74. The zero-order chi connectivity index (χ0) is 18.4. The van der Waals surface area contributed by atoms with Gasteiger partial charge in [0.05, 0.1) is 7.11 Å². The first-order valence-electron chi connectivity index (χ1n) is 7.74. The van der Waals surface area contributed by atoms with Gasteiger partial charge in [0, 0.05) is 11.1 Å². The Hall–Kier alpha value is -3.15. The number of Topliss-reactive ketones (excluding diaryl/α,β-unsaturated/α-hetero) is 1. The van der Waals surface area contributed by atoms with Gasteiger partial charge in [-0.15, -0.1) is 0 Å². The Balaban J connectivity index is 2.16. The molecular formula is C19H19NO5. The molecule has 0 fully saturated rings. The third kappa shape index (κ3) is 4.23. The molecule has 2 rings (SSSR count). The van der Waals surface area contributed by atoms with Crippen LogP contribution >= 0.6 is 0 Å². The molecule has 6 nitrogen and oxygen atoms in total. The fraction of sp³-hybridized carbons (Fsp3) is 0.211. The van der Waals surface area contributed by atoms with Crippen molar-refractivity contribution < 1.29 is 23.9 Å². The average molecular weight is 341 g/mol. The Labute approximate surface area is 145 Å². The van der Waals surface area contributed by atoms with Crippen LogP contribution in [0.25, 0.3) is 0 Å². The summed E-state index contributed by atoms with van der Waals surface area (Å²) < 4.78 is 10.2. The van der Waals surface area contributed by atoms with E-state index in [4.69, 9.17) is 15.2 Å².